The minimum Gasteiger partial charge on any atom is -0.462 e. The smallest absolute Gasteiger partial charge is 0.341 e. The SMILES string of the molecule is CCOC(=O)c1cnc(N2CC(CN)CC2=O)nc1. The molecule has 1 aliphatic rings. The van der Waals surface area contributed by atoms with Crippen LogP contribution in [-0.2, 0) is 9.53 Å². The first kappa shape index (κ1) is 13.4. The van der Waals surface area contributed by atoms with E-state index >= 15 is 0 Å². The summed E-state index contributed by atoms with van der Waals surface area (Å²) in [5.41, 5.74) is 5.82. The van der Waals surface area contributed by atoms with Gasteiger partial charge in [-0.2, -0.15) is 0 Å². The van der Waals surface area contributed by atoms with Crippen LogP contribution >= 0.6 is 0 Å². The van der Waals surface area contributed by atoms with Crippen molar-refractivity contribution in [3.05, 3.63) is 18.0 Å². The first-order valence-electron chi connectivity index (χ1n) is 6.15. The second-order valence-corrected chi connectivity index (χ2v) is 4.30. The van der Waals surface area contributed by atoms with Crippen LogP contribution in [-0.4, -0.2) is 41.5 Å². The molecular formula is C12H16N4O3. The summed E-state index contributed by atoms with van der Waals surface area (Å²) in [5, 5.41) is 0. The molecule has 0 radical (unpaired) electrons. The van der Waals surface area contributed by atoms with Gasteiger partial charge in [0, 0.05) is 25.4 Å². The third-order valence-electron chi connectivity index (χ3n) is 2.93. The van der Waals surface area contributed by atoms with Crippen LogP contribution in [0.4, 0.5) is 5.95 Å². The number of ether oxygens (including phenoxy) is 1. The molecule has 2 heterocycles. The first-order valence-corrected chi connectivity index (χ1v) is 6.15. The lowest BCUT2D eigenvalue weighted by Gasteiger charge is -2.13. The minimum atomic E-state index is -0.471. The lowest BCUT2D eigenvalue weighted by Crippen LogP contribution is -2.27. The van der Waals surface area contributed by atoms with Crippen LogP contribution in [0, 0.1) is 5.92 Å². The van der Waals surface area contributed by atoms with Gasteiger partial charge in [-0.25, -0.2) is 14.8 Å². The van der Waals surface area contributed by atoms with Crippen molar-refractivity contribution in [2.24, 2.45) is 11.7 Å². The van der Waals surface area contributed by atoms with Crippen LogP contribution in [0.1, 0.15) is 23.7 Å². The second-order valence-electron chi connectivity index (χ2n) is 4.30. The van der Waals surface area contributed by atoms with E-state index in [2.05, 4.69) is 9.97 Å². The van der Waals surface area contributed by atoms with Crippen LogP contribution in [0.25, 0.3) is 0 Å². The molecule has 0 aromatic carbocycles. The lowest BCUT2D eigenvalue weighted by atomic mass is 10.1. The minimum absolute atomic E-state index is 0.0423. The van der Waals surface area contributed by atoms with E-state index in [1.165, 1.54) is 17.3 Å². The predicted molar refractivity (Wildman–Crippen MR) is 67.5 cm³/mol. The lowest BCUT2D eigenvalue weighted by molar-refractivity contribution is -0.117. The van der Waals surface area contributed by atoms with E-state index in [1.807, 2.05) is 0 Å². The second kappa shape index (κ2) is 5.75. The van der Waals surface area contributed by atoms with E-state index in [4.69, 9.17) is 10.5 Å². The van der Waals surface area contributed by atoms with E-state index in [0.29, 0.717) is 32.1 Å². The Morgan fingerprint density at radius 2 is 2.21 bits per heavy atom. The van der Waals surface area contributed by atoms with Crippen molar-refractivity contribution >= 4 is 17.8 Å². The van der Waals surface area contributed by atoms with Gasteiger partial charge in [0.05, 0.1) is 12.2 Å². The highest BCUT2D eigenvalue weighted by Gasteiger charge is 2.31. The molecule has 102 valence electrons. The molecule has 19 heavy (non-hydrogen) atoms. The van der Waals surface area contributed by atoms with E-state index < -0.39 is 5.97 Å². The van der Waals surface area contributed by atoms with E-state index in [0.717, 1.165) is 0 Å². The molecule has 1 saturated heterocycles. The molecule has 1 aromatic rings. The molecule has 1 amide bonds. The standard InChI is InChI=1S/C12H16N4O3/c1-2-19-11(18)9-5-14-12(15-6-9)16-7-8(4-13)3-10(16)17/h5-6,8H,2-4,7,13H2,1H3. The fraction of sp³-hybridized carbons (Fsp3) is 0.500. The zero-order chi connectivity index (χ0) is 13.8. The van der Waals surface area contributed by atoms with Gasteiger partial charge < -0.3 is 10.5 Å². The number of nitrogens with zero attached hydrogens (tertiary/aromatic N) is 3. The molecule has 0 saturated carbocycles. The largest absolute Gasteiger partial charge is 0.462 e. The van der Waals surface area contributed by atoms with Crippen molar-refractivity contribution in [3.63, 3.8) is 0 Å². The van der Waals surface area contributed by atoms with Crippen molar-refractivity contribution < 1.29 is 14.3 Å². The first-order chi connectivity index (χ1) is 9.15. The zero-order valence-electron chi connectivity index (χ0n) is 10.7. The van der Waals surface area contributed by atoms with Gasteiger partial charge in [-0.05, 0) is 19.4 Å². The van der Waals surface area contributed by atoms with Gasteiger partial charge in [-0.1, -0.05) is 0 Å². The zero-order valence-corrected chi connectivity index (χ0v) is 10.7. The maximum atomic E-state index is 11.8. The Morgan fingerprint density at radius 3 is 2.74 bits per heavy atom. The fourth-order valence-corrected chi connectivity index (χ4v) is 1.91. The number of anilines is 1. The van der Waals surface area contributed by atoms with Crippen LogP contribution in [0.3, 0.4) is 0 Å². The highest BCUT2D eigenvalue weighted by Crippen LogP contribution is 2.21. The van der Waals surface area contributed by atoms with Crippen molar-refractivity contribution in [2.45, 2.75) is 13.3 Å². The van der Waals surface area contributed by atoms with Crippen LogP contribution in [0.2, 0.25) is 0 Å². The summed E-state index contributed by atoms with van der Waals surface area (Å²) in [7, 11) is 0. The summed E-state index contributed by atoms with van der Waals surface area (Å²) in [6.45, 7) is 3.00. The maximum absolute atomic E-state index is 11.8. The third-order valence-corrected chi connectivity index (χ3v) is 2.93. The van der Waals surface area contributed by atoms with E-state index in [9.17, 15) is 9.59 Å². The highest BCUT2D eigenvalue weighted by molar-refractivity contribution is 5.94. The van der Waals surface area contributed by atoms with Gasteiger partial charge in [0.15, 0.2) is 0 Å². The Hall–Kier alpha value is -2.02. The normalized spacial score (nSPS) is 18.7. The number of esters is 1. The van der Waals surface area contributed by atoms with E-state index in [1.54, 1.807) is 6.92 Å². The number of amides is 1. The predicted octanol–water partition coefficient (Wildman–Crippen LogP) is -0.0351. The molecule has 7 nitrogen and oxygen atoms in total. The Kier molecular flexibility index (Phi) is 4.06. The molecule has 1 unspecified atom stereocenters. The summed E-state index contributed by atoms with van der Waals surface area (Å²) in [4.78, 5) is 32.8. The number of nitrogens with two attached hydrogens (primary N) is 1. The average Bonchev–Trinajstić information content (AvgIpc) is 2.80. The number of carbonyl (C=O) groups excluding carboxylic acids is 2. The molecule has 1 aliphatic heterocycles. The number of aromatic nitrogens is 2. The van der Waals surface area contributed by atoms with E-state index in [-0.39, 0.29) is 17.4 Å². The van der Waals surface area contributed by atoms with Gasteiger partial charge >= 0.3 is 5.97 Å². The average molecular weight is 264 g/mol. The maximum Gasteiger partial charge on any atom is 0.341 e. The van der Waals surface area contributed by atoms with Crippen LogP contribution in [0.15, 0.2) is 12.4 Å². The molecule has 0 bridgehead atoms. The number of hydrogen-bond acceptors (Lipinski definition) is 6. The van der Waals surface area contributed by atoms with Gasteiger partial charge in [0.1, 0.15) is 0 Å². The molecule has 7 heteroatoms. The number of rotatable bonds is 4. The number of carbonyl (C=O) groups is 2. The topological polar surface area (TPSA) is 98.4 Å². The van der Waals surface area contributed by atoms with Crippen molar-refractivity contribution in [1.82, 2.24) is 9.97 Å². The Bertz CT molecular complexity index is 474. The number of hydrogen-bond donors (Lipinski definition) is 1. The van der Waals surface area contributed by atoms with Crippen molar-refractivity contribution in [1.29, 1.82) is 0 Å². The summed E-state index contributed by atoms with van der Waals surface area (Å²) in [5.74, 6) is -0.0733. The monoisotopic (exact) mass is 264 g/mol. The summed E-state index contributed by atoms with van der Waals surface area (Å²) < 4.78 is 4.83. The summed E-state index contributed by atoms with van der Waals surface area (Å²) in [6, 6.07) is 0. The van der Waals surface area contributed by atoms with Crippen LogP contribution in [0.5, 0.6) is 0 Å². The molecule has 0 spiro atoms. The van der Waals surface area contributed by atoms with Gasteiger partial charge in [0.25, 0.3) is 0 Å². The fourth-order valence-electron chi connectivity index (χ4n) is 1.91. The Balaban J connectivity index is 2.10. The summed E-state index contributed by atoms with van der Waals surface area (Å²) >= 11 is 0. The van der Waals surface area contributed by atoms with Crippen LogP contribution < -0.4 is 10.6 Å². The molecule has 1 aromatic heterocycles. The van der Waals surface area contributed by atoms with Crippen molar-refractivity contribution in [2.75, 3.05) is 24.6 Å². The molecule has 2 N–H and O–H groups in total. The Labute approximate surface area is 110 Å². The third kappa shape index (κ3) is 2.87. The molecule has 0 aliphatic carbocycles. The molecule has 1 fully saturated rings. The van der Waals surface area contributed by atoms with Gasteiger partial charge in [-0.15, -0.1) is 0 Å². The summed E-state index contributed by atoms with van der Waals surface area (Å²) in [6.07, 6.45) is 3.15. The molecular weight excluding hydrogens is 248 g/mol. The molecule has 1 atom stereocenters. The van der Waals surface area contributed by atoms with Crippen molar-refractivity contribution in [3.8, 4) is 0 Å². The highest BCUT2D eigenvalue weighted by atomic mass is 16.5. The quantitative estimate of drug-likeness (QED) is 0.766. The van der Waals surface area contributed by atoms with Gasteiger partial charge in [-0.3, -0.25) is 9.69 Å². The van der Waals surface area contributed by atoms with Gasteiger partial charge in [0.2, 0.25) is 11.9 Å². The molecule has 2 rings (SSSR count). The Morgan fingerprint density at radius 1 is 1.53 bits per heavy atom.